The lowest BCUT2D eigenvalue weighted by Gasteiger charge is -2.05. The molecule has 0 aliphatic carbocycles. The van der Waals surface area contributed by atoms with Crippen molar-refractivity contribution in [3.8, 4) is 0 Å². The molecule has 0 spiro atoms. The Hall–Kier alpha value is -1.87. The van der Waals surface area contributed by atoms with Gasteiger partial charge in [0, 0.05) is 4.91 Å². The number of nitrogens with zero attached hydrogens (tertiary/aromatic N) is 4. The van der Waals surface area contributed by atoms with E-state index in [1.807, 2.05) is 13.0 Å². The van der Waals surface area contributed by atoms with Gasteiger partial charge in [-0.1, -0.05) is 24.2 Å². The molecule has 0 saturated heterocycles. The highest BCUT2D eigenvalue weighted by atomic mass is 16.3. The molecular formula is C9H10N4O. The van der Waals surface area contributed by atoms with Crippen LogP contribution in [0.2, 0.25) is 0 Å². The first-order chi connectivity index (χ1) is 6.83. The molecule has 0 aliphatic heterocycles. The smallest absolute Gasteiger partial charge is 0.111 e. The fourth-order valence-corrected chi connectivity index (χ4v) is 1.32. The summed E-state index contributed by atoms with van der Waals surface area (Å²) < 4.78 is 0. The van der Waals surface area contributed by atoms with E-state index in [4.69, 9.17) is 5.53 Å². The average Bonchev–Trinajstić information content (AvgIpc) is 2.25. The molecule has 0 heterocycles. The lowest BCUT2D eigenvalue weighted by atomic mass is 10.0. The number of aryl methyl sites for hydroxylation is 1. The average molecular weight is 190 g/mol. The number of hydrogen-bond donors (Lipinski definition) is 0. The van der Waals surface area contributed by atoms with Crippen LogP contribution in [0.15, 0.2) is 28.5 Å². The topological polar surface area (TPSA) is 78.2 Å². The second kappa shape index (κ2) is 4.99. The largest absolute Gasteiger partial charge is 0.145 e. The van der Waals surface area contributed by atoms with Crippen LogP contribution in [0.5, 0.6) is 0 Å². The first-order valence-electron chi connectivity index (χ1n) is 4.28. The van der Waals surface area contributed by atoms with Crippen LogP contribution in [-0.4, -0.2) is 0 Å². The standard InChI is InChI=1S/C9H10N4O/c1-2-7-4-3-5-9(12-14)8(7)6-11-13-10/h3-5H,2,6H2,1H3. The zero-order chi connectivity index (χ0) is 10.4. The summed E-state index contributed by atoms with van der Waals surface area (Å²) in [6.07, 6.45) is 0.791. The van der Waals surface area contributed by atoms with Gasteiger partial charge in [0.15, 0.2) is 0 Å². The molecule has 0 atom stereocenters. The summed E-state index contributed by atoms with van der Waals surface area (Å²) >= 11 is 0. The Kier molecular flexibility index (Phi) is 3.64. The third-order valence-corrected chi connectivity index (χ3v) is 2.02. The normalized spacial score (nSPS) is 9.21. The lowest BCUT2D eigenvalue weighted by molar-refractivity contribution is 0.988. The second-order valence-electron chi connectivity index (χ2n) is 2.75. The minimum absolute atomic E-state index is 0.182. The van der Waals surface area contributed by atoms with Crippen LogP contribution in [0.3, 0.4) is 0 Å². The predicted octanol–water partition coefficient (Wildman–Crippen LogP) is 3.46. The van der Waals surface area contributed by atoms with Crippen LogP contribution in [-0.2, 0) is 13.0 Å². The van der Waals surface area contributed by atoms with E-state index in [-0.39, 0.29) is 6.54 Å². The van der Waals surface area contributed by atoms with Crippen LogP contribution in [0.4, 0.5) is 5.69 Å². The highest BCUT2D eigenvalue weighted by molar-refractivity contribution is 5.50. The molecule has 5 heteroatoms. The third kappa shape index (κ3) is 2.08. The molecule has 0 amide bonds. The molecule has 1 rings (SSSR count). The van der Waals surface area contributed by atoms with E-state index in [1.54, 1.807) is 12.1 Å². The van der Waals surface area contributed by atoms with E-state index in [9.17, 15) is 4.91 Å². The Morgan fingerprint density at radius 1 is 1.50 bits per heavy atom. The summed E-state index contributed by atoms with van der Waals surface area (Å²) in [5, 5.41) is 6.34. The Morgan fingerprint density at radius 2 is 2.29 bits per heavy atom. The molecule has 0 saturated carbocycles. The summed E-state index contributed by atoms with van der Waals surface area (Å²) in [5.41, 5.74) is 10.3. The SMILES string of the molecule is CCc1cccc(N=O)c1CN=[N+]=[N-]. The molecule has 0 aliphatic rings. The maximum Gasteiger partial charge on any atom is 0.111 e. The summed E-state index contributed by atoms with van der Waals surface area (Å²) in [6.45, 7) is 2.16. The van der Waals surface area contributed by atoms with Crippen molar-refractivity contribution < 1.29 is 0 Å². The molecule has 5 nitrogen and oxygen atoms in total. The van der Waals surface area contributed by atoms with Gasteiger partial charge in [0.25, 0.3) is 0 Å². The van der Waals surface area contributed by atoms with Gasteiger partial charge in [0.2, 0.25) is 0 Å². The molecule has 1 aromatic carbocycles. The maximum atomic E-state index is 10.5. The zero-order valence-electron chi connectivity index (χ0n) is 7.84. The van der Waals surface area contributed by atoms with Gasteiger partial charge < -0.3 is 0 Å². The molecule has 0 bridgehead atoms. The maximum absolute atomic E-state index is 10.5. The molecule has 0 radical (unpaired) electrons. The van der Waals surface area contributed by atoms with E-state index < -0.39 is 0 Å². The predicted molar refractivity (Wildman–Crippen MR) is 54.1 cm³/mol. The highest BCUT2D eigenvalue weighted by Crippen LogP contribution is 2.24. The van der Waals surface area contributed by atoms with E-state index in [0.29, 0.717) is 5.69 Å². The Morgan fingerprint density at radius 3 is 2.86 bits per heavy atom. The molecule has 0 aromatic heterocycles. The fourth-order valence-electron chi connectivity index (χ4n) is 1.32. The first kappa shape index (κ1) is 10.2. The summed E-state index contributed by atoms with van der Waals surface area (Å²) in [4.78, 5) is 13.1. The summed E-state index contributed by atoms with van der Waals surface area (Å²) in [6, 6.07) is 5.29. The monoisotopic (exact) mass is 190 g/mol. The molecule has 72 valence electrons. The number of benzene rings is 1. The van der Waals surface area contributed by atoms with E-state index in [2.05, 4.69) is 15.2 Å². The van der Waals surface area contributed by atoms with Crippen LogP contribution in [0.1, 0.15) is 18.1 Å². The number of azide groups is 1. The highest BCUT2D eigenvalue weighted by Gasteiger charge is 2.05. The van der Waals surface area contributed by atoms with Crippen LogP contribution < -0.4 is 0 Å². The van der Waals surface area contributed by atoms with Crippen LogP contribution >= 0.6 is 0 Å². The Bertz CT molecular complexity index is 382. The number of hydrogen-bond acceptors (Lipinski definition) is 3. The second-order valence-corrected chi connectivity index (χ2v) is 2.75. The van der Waals surface area contributed by atoms with Crippen molar-refractivity contribution in [3.63, 3.8) is 0 Å². The quantitative estimate of drug-likeness (QED) is 0.310. The van der Waals surface area contributed by atoms with Crippen molar-refractivity contribution in [1.82, 2.24) is 0 Å². The molecule has 0 fully saturated rings. The van der Waals surface area contributed by atoms with Crippen molar-refractivity contribution in [2.75, 3.05) is 0 Å². The number of nitroso groups, excluding NO2 is 1. The molecule has 14 heavy (non-hydrogen) atoms. The molecule has 1 aromatic rings. The van der Waals surface area contributed by atoms with Gasteiger partial charge >= 0.3 is 0 Å². The van der Waals surface area contributed by atoms with Gasteiger partial charge in [-0.3, -0.25) is 0 Å². The van der Waals surface area contributed by atoms with E-state index in [1.165, 1.54) is 0 Å². The van der Waals surface area contributed by atoms with Gasteiger partial charge in [0.1, 0.15) is 5.69 Å². The van der Waals surface area contributed by atoms with Gasteiger partial charge in [-0.25, -0.2) is 0 Å². The van der Waals surface area contributed by atoms with Gasteiger partial charge in [0.05, 0.1) is 6.54 Å². The van der Waals surface area contributed by atoms with Gasteiger partial charge in [-0.2, -0.15) is 0 Å². The Labute approximate surface area is 81.4 Å². The van der Waals surface area contributed by atoms with Gasteiger partial charge in [-0.05, 0) is 34.3 Å². The minimum Gasteiger partial charge on any atom is -0.145 e. The Balaban J connectivity index is 3.17. The summed E-state index contributed by atoms with van der Waals surface area (Å²) in [7, 11) is 0. The van der Waals surface area contributed by atoms with Crippen molar-refractivity contribution in [1.29, 1.82) is 0 Å². The van der Waals surface area contributed by atoms with E-state index >= 15 is 0 Å². The van der Waals surface area contributed by atoms with Crippen molar-refractivity contribution >= 4 is 5.69 Å². The van der Waals surface area contributed by atoms with Crippen molar-refractivity contribution in [2.24, 2.45) is 10.3 Å². The lowest BCUT2D eigenvalue weighted by Crippen LogP contribution is -1.90. The van der Waals surface area contributed by atoms with Crippen LogP contribution in [0, 0.1) is 4.91 Å². The zero-order valence-corrected chi connectivity index (χ0v) is 7.84. The molecular weight excluding hydrogens is 180 g/mol. The van der Waals surface area contributed by atoms with Crippen LogP contribution in [0.25, 0.3) is 10.4 Å². The van der Waals surface area contributed by atoms with Crippen molar-refractivity contribution in [2.45, 2.75) is 19.9 Å². The van der Waals surface area contributed by atoms with Crippen molar-refractivity contribution in [3.05, 3.63) is 44.7 Å². The summed E-state index contributed by atoms with van der Waals surface area (Å²) in [5.74, 6) is 0. The van der Waals surface area contributed by atoms with E-state index in [0.717, 1.165) is 17.5 Å². The first-order valence-corrected chi connectivity index (χ1v) is 4.28. The molecule has 0 N–H and O–H groups in total. The fraction of sp³-hybridized carbons (Fsp3) is 0.333. The number of rotatable bonds is 4. The van der Waals surface area contributed by atoms with Gasteiger partial charge in [-0.15, -0.1) is 4.91 Å². The molecule has 0 unspecified atom stereocenters. The minimum atomic E-state index is 0.182. The third-order valence-electron chi connectivity index (χ3n) is 2.02.